The maximum atomic E-state index is 12.4. The highest BCUT2D eigenvalue weighted by atomic mass is 16.1. The Bertz CT molecular complexity index is 437. The third kappa shape index (κ3) is 4.99. The number of benzene rings is 1. The summed E-state index contributed by atoms with van der Waals surface area (Å²) in [6, 6.07) is 6.31. The predicted molar refractivity (Wildman–Crippen MR) is 86.2 cm³/mol. The molecule has 2 heteroatoms. The summed E-state index contributed by atoms with van der Waals surface area (Å²) in [6.07, 6.45) is 4.21. The zero-order chi connectivity index (χ0) is 15.1. The van der Waals surface area contributed by atoms with Gasteiger partial charge in [0.05, 0.1) is 0 Å². The zero-order valence-corrected chi connectivity index (χ0v) is 13.6. The first-order valence-corrected chi connectivity index (χ1v) is 7.88. The lowest BCUT2D eigenvalue weighted by molar-refractivity contribution is 0.0930. The van der Waals surface area contributed by atoms with Crippen LogP contribution in [0.2, 0.25) is 0 Å². The largest absolute Gasteiger partial charge is 0.349 e. The highest BCUT2D eigenvalue weighted by molar-refractivity contribution is 5.94. The van der Waals surface area contributed by atoms with Crippen molar-refractivity contribution < 1.29 is 4.79 Å². The normalized spacial score (nSPS) is 12.5. The van der Waals surface area contributed by atoms with Crippen molar-refractivity contribution in [2.75, 3.05) is 0 Å². The lowest BCUT2D eigenvalue weighted by atomic mass is 9.99. The summed E-state index contributed by atoms with van der Waals surface area (Å²) in [5.41, 5.74) is 3.30. The third-order valence-electron chi connectivity index (χ3n) is 3.71. The fourth-order valence-corrected chi connectivity index (χ4v) is 2.67. The van der Waals surface area contributed by atoms with Crippen LogP contribution in [-0.2, 0) is 6.42 Å². The van der Waals surface area contributed by atoms with E-state index < -0.39 is 0 Å². The van der Waals surface area contributed by atoms with Gasteiger partial charge >= 0.3 is 0 Å². The monoisotopic (exact) mass is 275 g/mol. The van der Waals surface area contributed by atoms with Crippen LogP contribution in [0.3, 0.4) is 0 Å². The second-order valence-corrected chi connectivity index (χ2v) is 6.08. The number of aryl methyl sites for hydroxylation is 2. The van der Waals surface area contributed by atoms with Gasteiger partial charge < -0.3 is 5.32 Å². The van der Waals surface area contributed by atoms with Crippen LogP contribution < -0.4 is 5.32 Å². The fraction of sp³-hybridized carbons (Fsp3) is 0.611. The standard InChI is InChI=1S/C18H29NO/c1-6-8-17(11-13(3)4)19-18(20)16-10-9-15(7-2)14(5)12-16/h9-10,12-13,17H,6-8,11H2,1-5H3,(H,19,20). The molecule has 1 N–H and O–H groups in total. The molecule has 1 amide bonds. The molecule has 0 saturated carbocycles. The molecule has 0 aromatic heterocycles. The molecule has 1 atom stereocenters. The van der Waals surface area contributed by atoms with E-state index in [0.29, 0.717) is 12.0 Å². The van der Waals surface area contributed by atoms with Gasteiger partial charge in [-0.25, -0.2) is 0 Å². The average Bonchev–Trinajstić information content (AvgIpc) is 2.38. The fourth-order valence-electron chi connectivity index (χ4n) is 2.67. The van der Waals surface area contributed by atoms with E-state index in [2.05, 4.69) is 46.0 Å². The van der Waals surface area contributed by atoms with Crippen LogP contribution >= 0.6 is 0 Å². The molecule has 0 saturated heterocycles. The van der Waals surface area contributed by atoms with Gasteiger partial charge in [0.25, 0.3) is 5.91 Å². The Morgan fingerprint density at radius 2 is 1.95 bits per heavy atom. The van der Waals surface area contributed by atoms with Crippen molar-refractivity contribution in [2.45, 2.75) is 66.3 Å². The molecule has 0 radical (unpaired) electrons. The summed E-state index contributed by atoms with van der Waals surface area (Å²) in [7, 11) is 0. The molecule has 20 heavy (non-hydrogen) atoms. The number of hydrogen-bond donors (Lipinski definition) is 1. The maximum absolute atomic E-state index is 12.4. The average molecular weight is 275 g/mol. The molecule has 112 valence electrons. The molecular weight excluding hydrogens is 246 g/mol. The molecule has 0 bridgehead atoms. The Labute approximate surface area is 124 Å². The van der Waals surface area contributed by atoms with E-state index in [0.717, 1.165) is 31.2 Å². The van der Waals surface area contributed by atoms with Crippen LogP contribution in [0.15, 0.2) is 18.2 Å². The summed E-state index contributed by atoms with van der Waals surface area (Å²) >= 11 is 0. The van der Waals surface area contributed by atoms with Crippen molar-refractivity contribution in [3.05, 3.63) is 34.9 Å². The van der Waals surface area contributed by atoms with Crippen LogP contribution in [-0.4, -0.2) is 11.9 Å². The molecule has 2 nitrogen and oxygen atoms in total. The number of rotatable bonds is 7. The van der Waals surface area contributed by atoms with Crippen molar-refractivity contribution in [3.63, 3.8) is 0 Å². The van der Waals surface area contributed by atoms with Gasteiger partial charge in [-0.15, -0.1) is 0 Å². The highest BCUT2D eigenvalue weighted by Gasteiger charge is 2.15. The minimum atomic E-state index is 0.0647. The summed E-state index contributed by atoms with van der Waals surface area (Å²) in [5.74, 6) is 0.672. The number of nitrogens with one attached hydrogen (secondary N) is 1. The molecule has 1 unspecified atom stereocenters. The first kappa shape index (κ1) is 16.7. The zero-order valence-electron chi connectivity index (χ0n) is 13.6. The molecule has 0 aliphatic heterocycles. The SMILES string of the molecule is CCCC(CC(C)C)NC(=O)c1ccc(CC)c(C)c1. The maximum Gasteiger partial charge on any atom is 0.251 e. The van der Waals surface area contributed by atoms with Gasteiger partial charge in [-0.3, -0.25) is 4.79 Å². The molecule has 1 aromatic carbocycles. The number of carbonyl (C=O) groups excluding carboxylic acids is 1. The minimum absolute atomic E-state index is 0.0647. The van der Waals surface area contributed by atoms with Gasteiger partial charge in [-0.1, -0.05) is 40.2 Å². The molecule has 0 aliphatic carbocycles. The third-order valence-corrected chi connectivity index (χ3v) is 3.71. The lowest BCUT2D eigenvalue weighted by Crippen LogP contribution is -2.35. The van der Waals surface area contributed by atoms with Gasteiger partial charge in [-0.2, -0.15) is 0 Å². The summed E-state index contributed by atoms with van der Waals surface area (Å²) in [6.45, 7) is 10.8. The number of amides is 1. The van der Waals surface area contributed by atoms with Gasteiger partial charge in [0.1, 0.15) is 0 Å². The van der Waals surface area contributed by atoms with E-state index >= 15 is 0 Å². The topological polar surface area (TPSA) is 29.1 Å². The predicted octanol–water partition coefficient (Wildman–Crippen LogP) is 4.50. The van der Waals surface area contributed by atoms with Crippen molar-refractivity contribution in [1.82, 2.24) is 5.32 Å². The highest BCUT2D eigenvalue weighted by Crippen LogP contribution is 2.14. The first-order valence-electron chi connectivity index (χ1n) is 7.88. The van der Waals surface area contributed by atoms with E-state index in [4.69, 9.17) is 0 Å². The van der Waals surface area contributed by atoms with Crippen LogP contribution in [0.25, 0.3) is 0 Å². The smallest absolute Gasteiger partial charge is 0.251 e. The minimum Gasteiger partial charge on any atom is -0.349 e. The molecule has 0 heterocycles. The van der Waals surface area contributed by atoms with Crippen molar-refractivity contribution in [3.8, 4) is 0 Å². The second kappa shape index (κ2) is 8.08. The summed E-state index contributed by atoms with van der Waals surface area (Å²) < 4.78 is 0. The number of carbonyl (C=O) groups is 1. The van der Waals surface area contributed by atoms with Gasteiger partial charge in [0.15, 0.2) is 0 Å². The quantitative estimate of drug-likeness (QED) is 0.780. The summed E-state index contributed by atoms with van der Waals surface area (Å²) in [5, 5.41) is 3.19. The molecule has 0 aliphatic rings. The van der Waals surface area contributed by atoms with E-state index in [1.807, 2.05) is 12.1 Å². The molecule has 0 spiro atoms. The molecule has 1 aromatic rings. The Hall–Kier alpha value is -1.31. The van der Waals surface area contributed by atoms with E-state index in [-0.39, 0.29) is 5.91 Å². The Balaban J connectivity index is 2.75. The van der Waals surface area contributed by atoms with E-state index in [1.54, 1.807) is 0 Å². The van der Waals surface area contributed by atoms with E-state index in [1.165, 1.54) is 11.1 Å². The second-order valence-electron chi connectivity index (χ2n) is 6.08. The summed E-state index contributed by atoms with van der Waals surface area (Å²) in [4.78, 5) is 12.4. The number of hydrogen-bond acceptors (Lipinski definition) is 1. The van der Waals surface area contributed by atoms with Crippen LogP contribution in [0.4, 0.5) is 0 Å². The van der Waals surface area contributed by atoms with E-state index in [9.17, 15) is 4.79 Å². The van der Waals surface area contributed by atoms with Crippen LogP contribution in [0.1, 0.15) is 68.4 Å². The van der Waals surface area contributed by atoms with Crippen molar-refractivity contribution in [1.29, 1.82) is 0 Å². The molecule has 0 fully saturated rings. The van der Waals surface area contributed by atoms with Crippen LogP contribution in [0.5, 0.6) is 0 Å². The molecular formula is C18H29NO. The van der Waals surface area contributed by atoms with Crippen molar-refractivity contribution >= 4 is 5.91 Å². The van der Waals surface area contributed by atoms with Gasteiger partial charge in [0.2, 0.25) is 0 Å². The Morgan fingerprint density at radius 1 is 1.25 bits per heavy atom. The Morgan fingerprint density at radius 3 is 2.45 bits per heavy atom. The van der Waals surface area contributed by atoms with Gasteiger partial charge in [-0.05, 0) is 55.4 Å². The first-order chi connectivity index (χ1) is 9.47. The van der Waals surface area contributed by atoms with Crippen molar-refractivity contribution in [2.24, 2.45) is 5.92 Å². The van der Waals surface area contributed by atoms with Gasteiger partial charge in [0, 0.05) is 11.6 Å². The Kier molecular flexibility index (Phi) is 6.77. The lowest BCUT2D eigenvalue weighted by Gasteiger charge is -2.20. The molecule has 1 rings (SSSR count). The van der Waals surface area contributed by atoms with Crippen LogP contribution in [0, 0.1) is 12.8 Å².